The molecule has 0 aliphatic heterocycles. The first kappa shape index (κ1) is 19.1. The first-order chi connectivity index (χ1) is 12.4. The van der Waals surface area contributed by atoms with Gasteiger partial charge in [0, 0.05) is 29.6 Å². The van der Waals surface area contributed by atoms with E-state index in [1.54, 1.807) is 43.6 Å². The summed E-state index contributed by atoms with van der Waals surface area (Å²) in [7, 11) is -2.02. The first-order valence-electron chi connectivity index (χ1n) is 8.62. The van der Waals surface area contributed by atoms with Crippen molar-refractivity contribution in [2.75, 3.05) is 7.11 Å². The van der Waals surface area contributed by atoms with Crippen molar-refractivity contribution in [3.05, 3.63) is 53.7 Å². The fraction of sp³-hybridized carbons (Fsp3) is 0.421. The zero-order chi connectivity index (χ0) is 18.7. The van der Waals surface area contributed by atoms with E-state index in [-0.39, 0.29) is 22.2 Å². The SMILES string of the molecule is COc1ccc([C@H]2C[C@H](Cl)CC[C@H]2NS(=O)(=O)c2ccc(C)cc2)cn1. The molecule has 0 unspecified atom stereocenters. The Bertz CT molecular complexity index is 838. The number of sulfonamides is 1. The van der Waals surface area contributed by atoms with Gasteiger partial charge in [-0.3, -0.25) is 0 Å². The third kappa shape index (κ3) is 4.37. The number of nitrogens with zero attached hydrogens (tertiary/aromatic N) is 1. The summed E-state index contributed by atoms with van der Waals surface area (Å²) in [5, 5.41) is 0.0298. The monoisotopic (exact) mass is 394 g/mol. The van der Waals surface area contributed by atoms with Gasteiger partial charge < -0.3 is 4.74 Å². The van der Waals surface area contributed by atoms with E-state index in [0.29, 0.717) is 18.7 Å². The van der Waals surface area contributed by atoms with Crippen LogP contribution in [0.5, 0.6) is 5.88 Å². The lowest BCUT2D eigenvalue weighted by Crippen LogP contribution is -2.42. The predicted molar refractivity (Wildman–Crippen MR) is 102 cm³/mol. The van der Waals surface area contributed by atoms with Gasteiger partial charge in [-0.15, -0.1) is 11.6 Å². The lowest BCUT2D eigenvalue weighted by molar-refractivity contribution is 0.362. The Labute approximate surface area is 159 Å². The molecule has 1 fully saturated rings. The van der Waals surface area contributed by atoms with E-state index in [1.165, 1.54) is 0 Å². The lowest BCUT2D eigenvalue weighted by atomic mass is 9.81. The number of alkyl halides is 1. The number of aryl methyl sites for hydroxylation is 1. The highest BCUT2D eigenvalue weighted by molar-refractivity contribution is 7.89. The minimum Gasteiger partial charge on any atom is -0.481 e. The fourth-order valence-electron chi connectivity index (χ4n) is 3.35. The van der Waals surface area contributed by atoms with E-state index >= 15 is 0 Å². The molecule has 1 saturated carbocycles. The van der Waals surface area contributed by atoms with Crippen molar-refractivity contribution in [1.29, 1.82) is 0 Å². The number of ether oxygens (including phenoxy) is 1. The van der Waals surface area contributed by atoms with E-state index in [4.69, 9.17) is 16.3 Å². The molecule has 3 rings (SSSR count). The molecule has 0 saturated heterocycles. The minimum atomic E-state index is -3.59. The second-order valence-electron chi connectivity index (χ2n) is 6.69. The molecule has 5 nitrogen and oxygen atoms in total. The summed E-state index contributed by atoms with van der Waals surface area (Å²) < 4.78 is 33.6. The maximum Gasteiger partial charge on any atom is 0.240 e. The number of halogens is 1. The highest BCUT2D eigenvalue weighted by Gasteiger charge is 2.34. The van der Waals surface area contributed by atoms with Crippen molar-refractivity contribution in [2.45, 2.75) is 48.4 Å². The number of rotatable bonds is 5. The van der Waals surface area contributed by atoms with Crippen LogP contribution in [0.25, 0.3) is 0 Å². The summed E-state index contributed by atoms with van der Waals surface area (Å²) in [6.45, 7) is 1.93. The van der Waals surface area contributed by atoms with E-state index < -0.39 is 10.0 Å². The summed E-state index contributed by atoms with van der Waals surface area (Å²) in [6, 6.07) is 10.4. The fourth-order valence-corrected chi connectivity index (χ4v) is 4.97. The van der Waals surface area contributed by atoms with Crippen LogP contribution in [-0.2, 0) is 10.0 Å². The topological polar surface area (TPSA) is 68.3 Å². The summed E-state index contributed by atoms with van der Waals surface area (Å²) in [5.74, 6) is 0.508. The van der Waals surface area contributed by atoms with Gasteiger partial charge in [0.2, 0.25) is 15.9 Å². The highest BCUT2D eigenvalue weighted by Crippen LogP contribution is 2.36. The molecule has 3 atom stereocenters. The third-order valence-corrected chi connectivity index (χ3v) is 6.72. The average molecular weight is 395 g/mol. The van der Waals surface area contributed by atoms with Crippen LogP contribution >= 0.6 is 11.6 Å². The molecule has 0 spiro atoms. The second kappa shape index (κ2) is 7.94. The molecule has 1 aromatic carbocycles. The van der Waals surface area contributed by atoms with Crippen molar-refractivity contribution in [2.24, 2.45) is 0 Å². The molecule has 0 amide bonds. The van der Waals surface area contributed by atoms with Gasteiger partial charge in [0.15, 0.2) is 0 Å². The second-order valence-corrected chi connectivity index (χ2v) is 9.02. The molecule has 1 aromatic heterocycles. The molecule has 140 valence electrons. The van der Waals surface area contributed by atoms with Crippen LogP contribution in [-0.4, -0.2) is 31.9 Å². The number of benzene rings is 1. The van der Waals surface area contributed by atoms with E-state index in [0.717, 1.165) is 17.5 Å². The summed E-state index contributed by atoms with van der Waals surface area (Å²) in [5.41, 5.74) is 1.99. The molecule has 7 heteroatoms. The van der Waals surface area contributed by atoms with Crippen molar-refractivity contribution >= 4 is 21.6 Å². The summed E-state index contributed by atoms with van der Waals surface area (Å²) >= 11 is 6.37. The zero-order valence-electron chi connectivity index (χ0n) is 14.9. The Morgan fingerprint density at radius 2 is 1.88 bits per heavy atom. The van der Waals surface area contributed by atoms with Crippen LogP contribution in [0.15, 0.2) is 47.5 Å². The van der Waals surface area contributed by atoms with Gasteiger partial charge >= 0.3 is 0 Å². The van der Waals surface area contributed by atoms with Crippen LogP contribution in [0.2, 0.25) is 0 Å². The highest BCUT2D eigenvalue weighted by atomic mass is 35.5. The van der Waals surface area contributed by atoms with Gasteiger partial charge in [-0.05, 0) is 43.9 Å². The van der Waals surface area contributed by atoms with Crippen LogP contribution in [0, 0.1) is 6.92 Å². The van der Waals surface area contributed by atoms with Crippen molar-refractivity contribution in [1.82, 2.24) is 9.71 Å². The Hall–Kier alpha value is -1.63. The number of hydrogen-bond donors (Lipinski definition) is 1. The third-order valence-electron chi connectivity index (χ3n) is 4.82. The predicted octanol–water partition coefficient (Wildman–Crippen LogP) is 3.62. The van der Waals surface area contributed by atoms with Gasteiger partial charge in [-0.1, -0.05) is 23.8 Å². The molecule has 1 aliphatic rings. The average Bonchev–Trinajstić information content (AvgIpc) is 2.63. The van der Waals surface area contributed by atoms with Crippen molar-refractivity contribution in [3.63, 3.8) is 0 Å². The molecular weight excluding hydrogens is 372 g/mol. The molecule has 0 radical (unpaired) electrons. The van der Waals surface area contributed by atoms with E-state index in [1.807, 2.05) is 13.0 Å². The number of methoxy groups -OCH3 is 1. The van der Waals surface area contributed by atoms with Gasteiger partial charge in [-0.2, -0.15) is 0 Å². The number of nitrogens with one attached hydrogen (secondary N) is 1. The van der Waals surface area contributed by atoms with E-state index in [2.05, 4.69) is 9.71 Å². The maximum atomic E-state index is 12.8. The van der Waals surface area contributed by atoms with Crippen molar-refractivity contribution < 1.29 is 13.2 Å². The van der Waals surface area contributed by atoms with E-state index in [9.17, 15) is 8.42 Å². The van der Waals surface area contributed by atoms with Crippen LogP contribution in [0.4, 0.5) is 0 Å². The Morgan fingerprint density at radius 3 is 2.50 bits per heavy atom. The molecule has 26 heavy (non-hydrogen) atoms. The lowest BCUT2D eigenvalue weighted by Gasteiger charge is -2.34. The molecule has 2 aromatic rings. The molecule has 1 aliphatic carbocycles. The number of hydrogen-bond acceptors (Lipinski definition) is 4. The Balaban J connectivity index is 1.84. The summed E-state index contributed by atoms with van der Waals surface area (Å²) in [4.78, 5) is 4.53. The zero-order valence-corrected chi connectivity index (χ0v) is 16.4. The smallest absolute Gasteiger partial charge is 0.240 e. The van der Waals surface area contributed by atoms with Crippen LogP contribution < -0.4 is 9.46 Å². The normalized spacial score (nSPS) is 23.6. The molecule has 1 heterocycles. The van der Waals surface area contributed by atoms with Gasteiger partial charge in [0.1, 0.15) is 0 Å². The van der Waals surface area contributed by atoms with Gasteiger partial charge in [0.05, 0.1) is 12.0 Å². The first-order valence-corrected chi connectivity index (χ1v) is 10.5. The molecule has 0 bridgehead atoms. The van der Waals surface area contributed by atoms with Crippen LogP contribution in [0.3, 0.4) is 0 Å². The van der Waals surface area contributed by atoms with Crippen LogP contribution in [0.1, 0.15) is 36.3 Å². The van der Waals surface area contributed by atoms with Crippen molar-refractivity contribution in [3.8, 4) is 5.88 Å². The minimum absolute atomic E-state index is 0.0233. The Kier molecular flexibility index (Phi) is 5.85. The maximum absolute atomic E-state index is 12.8. The molecule has 1 N–H and O–H groups in total. The quantitative estimate of drug-likeness (QED) is 0.786. The standard InChI is InChI=1S/C19H23ClN2O3S/c1-13-3-7-16(8-4-13)26(23,24)22-18-9-6-15(20)11-17(18)14-5-10-19(25-2)21-12-14/h3-5,7-8,10,12,15,17-18,22H,6,9,11H2,1-2H3/t15-,17-,18-/m1/s1. The number of pyridine rings is 1. The number of aromatic nitrogens is 1. The largest absolute Gasteiger partial charge is 0.481 e. The molecular formula is C19H23ClN2O3S. The van der Waals surface area contributed by atoms with Gasteiger partial charge in [0.25, 0.3) is 0 Å². The Morgan fingerprint density at radius 1 is 1.15 bits per heavy atom. The summed E-state index contributed by atoms with van der Waals surface area (Å²) in [6.07, 6.45) is 3.92. The van der Waals surface area contributed by atoms with Gasteiger partial charge in [-0.25, -0.2) is 18.1 Å².